The van der Waals surface area contributed by atoms with E-state index in [-0.39, 0.29) is 6.04 Å². The van der Waals surface area contributed by atoms with Crippen LogP contribution in [0.3, 0.4) is 0 Å². The second-order valence-corrected chi connectivity index (χ2v) is 7.46. The molecule has 0 aliphatic carbocycles. The zero-order valence-electron chi connectivity index (χ0n) is 14.6. The molecule has 1 aliphatic rings. The number of amides is 1. The van der Waals surface area contributed by atoms with Gasteiger partial charge in [0.2, 0.25) is 0 Å². The van der Waals surface area contributed by atoms with Crippen LogP contribution in [0.4, 0.5) is 18.0 Å². The van der Waals surface area contributed by atoms with Gasteiger partial charge in [-0.25, -0.2) is 9.78 Å². The van der Waals surface area contributed by atoms with Crippen LogP contribution in [0.5, 0.6) is 0 Å². The fourth-order valence-corrected chi connectivity index (χ4v) is 4.44. The standard InChI is InChI=1S/C18H19F3IN3O2/c1-2-14-23-16(22)15-13(24(17(26)27)9-10-25(14)15)8-5-11-3-6-12(7-4-11)18(19,20)21/h3-4,6-7,13H,2,5,8-10H2,1H3,(H,26,27). The Morgan fingerprint density at radius 1 is 1.30 bits per heavy atom. The lowest BCUT2D eigenvalue weighted by atomic mass is 9.99. The van der Waals surface area contributed by atoms with Gasteiger partial charge in [0.05, 0.1) is 17.3 Å². The molecular formula is C18H19F3IN3O2. The molecule has 27 heavy (non-hydrogen) atoms. The van der Waals surface area contributed by atoms with Gasteiger partial charge in [-0.3, -0.25) is 4.90 Å². The number of hydrogen-bond acceptors (Lipinski definition) is 2. The van der Waals surface area contributed by atoms with Crippen LogP contribution in [0.2, 0.25) is 0 Å². The number of benzene rings is 1. The van der Waals surface area contributed by atoms with Crippen LogP contribution in [0.25, 0.3) is 0 Å². The number of alkyl halides is 3. The van der Waals surface area contributed by atoms with Crippen LogP contribution in [0, 0.1) is 3.70 Å². The number of aryl methyl sites for hydroxylation is 2. The van der Waals surface area contributed by atoms with E-state index in [1.54, 1.807) is 0 Å². The second-order valence-electron chi connectivity index (χ2n) is 6.43. The van der Waals surface area contributed by atoms with Crippen molar-refractivity contribution in [1.29, 1.82) is 0 Å². The van der Waals surface area contributed by atoms with E-state index in [2.05, 4.69) is 32.1 Å². The number of aromatic nitrogens is 2. The summed E-state index contributed by atoms with van der Waals surface area (Å²) in [6.45, 7) is 2.95. The maximum Gasteiger partial charge on any atom is 0.416 e. The Morgan fingerprint density at radius 3 is 2.52 bits per heavy atom. The van der Waals surface area contributed by atoms with Gasteiger partial charge in [-0.2, -0.15) is 13.2 Å². The van der Waals surface area contributed by atoms with Crippen molar-refractivity contribution in [3.63, 3.8) is 0 Å². The van der Waals surface area contributed by atoms with Gasteiger partial charge in [0.25, 0.3) is 0 Å². The fourth-order valence-electron chi connectivity index (χ4n) is 3.51. The minimum Gasteiger partial charge on any atom is -0.465 e. The fraction of sp³-hybridized carbons (Fsp3) is 0.444. The molecule has 9 heteroatoms. The Kier molecular flexibility index (Phi) is 5.68. The van der Waals surface area contributed by atoms with Crippen LogP contribution in [-0.2, 0) is 25.6 Å². The Morgan fingerprint density at radius 2 is 1.96 bits per heavy atom. The summed E-state index contributed by atoms with van der Waals surface area (Å²) in [6, 6.07) is 4.67. The van der Waals surface area contributed by atoms with E-state index < -0.39 is 17.8 Å². The summed E-state index contributed by atoms with van der Waals surface area (Å²) in [4.78, 5) is 17.7. The maximum absolute atomic E-state index is 12.7. The molecular weight excluding hydrogens is 474 g/mol. The first-order valence-electron chi connectivity index (χ1n) is 8.62. The molecule has 1 unspecified atom stereocenters. The number of halogens is 4. The van der Waals surface area contributed by atoms with Crippen molar-refractivity contribution in [1.82, 2.24) is 14.5 Å². The monoisotopic (exact) mass is 493 g/mol. The highest BCUT2D eigenvalue weighted by Gasteiger charge is 2.35. The molecule has 1 aromatic heterocycles. The summed E-state index contributed by atoms with van der Waals surface area (Å²) in [5, 5.41) is 9.58. The van der Waals surface area contributed by atoms with Gasteiger partial charge < -0.3 is 9.67 Å². The van der Waals surface area contributed by atoms with E-state index >= 15 is 0 Å². The highest BCUT2D eigenvalue weighted by atomic mass is 127. The van der Waals surface area contributed by atoms with Crippen molar-refractivity contribution < 1.29 is 23.1 Å². The van der Waals surface area contributed by atoms with Crippen LogP contribution in [0.1, 0.15) is 42.0 Å². The number of hydrogen-bond donors (Lipinski definition) is 1. The largest absolute Gasteiger partial charge is 0.465 e. The summed E-state index contributed by atoms with van der Waals surface area (Å²) in [6.07, 6.45) is -3.62. The molecule has 146 valence electrons. The molecule has 1 amide bonds. The molecule has 0 fully saturated rings. The first-order valence-corrected chi connectivity index (χ1v) is 9.70. The quantitative estimate of drug-likeness (QED) is 0.627. The van der Waals surface area contributed by atoms with Crippen molar-refractivity contribution >= 4 is 28.7 Å². The molecule has 1 N–H and O–H groups in total. The summed E-state index contributed by atoms with van der Waals surface area (Å²) in [5.41, 5.74) is 0.944. The first-order chi connectivity index (χ1) is 12.7. The zero-order chi connectivity index (χ0) is 19.8. The van der Waals surface area contributed by atoms with E-state index in [9.17, 15) is 23.1 Å². The minimum absolute atomic E-state index is 0.363. The number of rotatable bonds is 4. The van der Waals surface area contributed by atoms with Crippen molar-refractivity contribution in [2.75, 3.05) is 6.54 Å². The molecule has 0 saturated carbocycles. The first kappa shape index (κ1) is 20.0. The minimum atomic E-state index is -4.36. The van der Waals surface area contributed by atoms with Crippen LogP contribution < -0.4 is 0 Å². The molecule has 5 nitrogen and oxygen atoms in total. The molecule has 2 aromatic rings. The Hall–Kier alpha value is -1.78. The predicted molar refractivity (Wildman–Crippen MR) is 102 cm³/mol. The van der Waals surface area contributed by atoms with Gasteiger partial charge in [0.15, 0.2) is 0 Å². The van der Waals surface area contributed by atoms with Gasteiger partial charge >= 0.3 is 12.3 Å². The number of carbonyl (C=O) groups is 1. The average Bonchev–Trinajstić information content (AvgIpc) is 2.95. The normalized spacial score (nSPS) is 17.1. The average molecular weight is 493 g/mol. The van der Waals surface area contributed by atoms with Crippen LogP contribution in [0.15, 0.2) is 24.3 Å². The van der Waals surface area contributed by atoms with Gasteiger partial charge in [-0.05, 0) is 53.1 Å². The Labute approximate surface area is 168 Å². The predicted octanol–water partition coefficient (Wildman–Crippen LogP) is 4.74. The van der Waals surface area contributed by atoms with E-state index in [4.69, 9.17) is 0 Å². The Balaban J connectivity index is 1.83. The topological polar surface area (TPSA) is 58.4 Å². The van der Waals surface area contributed by atoms with Crippen LogP contribution >= 0.6 is 22.6 Å². The molecule has 1 atom stereocenters. The lowest BCUT2D eigenvalue weighted by molar-refractivity contribution is -0.137. The third-order valence-electron chi connectivity index (χ3n) is 4.85. The molecule has 1 aliphatic heterocycles. The number of imidazole rings is 1. The van der Waals surface area contributed by atoms with E-state index in [1.165, 1.54) is 17.0 Å². The summed E-state index contributed by atoms with van der Waals surface area (Å²) >= 11 is 2.13. The smallest absolute Gasteiger partial charge is 0.416 e. The molecule has 1 aromatic carbocycles. The lowest BCUT2D eigenvalue weighted by Gasteiger charge is -2.35. The SMILES string of the molecule is CCc1nc(I)c2n1CCN(C(=O)O)C2CCc1ccc(C(F)(F)F)cc1. The maximum atomic E-state index is 12.7. The molecule has 0 bridgehead atoms. The molecule has 3 rings (SSSR count). The summed E-state index contributed by atoms with van der Waals surface area (Å²) in [7, 11) is 0. The summed E-state index contributed by atoms with van der Waals surface area (Å²) < 4.78 is 41.0. The number of nitrogens with zero attached hydrogens (tertiary/aromatic N) is 3. The Bertz CT molecular complexity index is 834. The van der Waals surface area contributed by atoms with Gasteiger partial charge in [-0.1, -0.05) is 19.1 Å². The van der Waals surface area contributed by atoms with Crippen molar-refractivity contribution in [3.8, 4) is 0 Å². The molecule has 0 spiro atoms. The lowest BCUT2D eigenvalue weighted by Crippen LogP contribution is -2.42. The number of carboxylic acid groups (broad SMARTS) is 1. The molecule has 0 saturated heterocycles. The highest BCUT2D eigenvalue weighted by molar-refractivity contribution is 14.1. The molecule has 0 radical (unpaired) electrons. The summed E-state index contributed by atoms with van der Waals surface area (Å²) in [5.74, 6) is 0.930. The third kappa shape index (κ3) is 4.07. The van der Waals surface area contributed by atoms with Crippen molar-refractivity contribution in [2.24, 2.45) is 0 Å². The van der Waals surface area contributed by atoms with Gasteiger partial charge in [0.1, 0.15) is 9.53 Å². The third-order valence-corrected chi connectivity index (χ3v) is 5.64. The van der Waals surface area contributed by atoms with Crippen molar-refractivity contribution in [2.45, 2.75) is 44.9 Å². The van der Waals surface area contributed by atoms with Gasteiger partial charge in [-0.15, -0.1) is 0 Å². The number of fused-ring (bicyclic) bond motifs is 1. The van der Waals surface area contributed by atoms with Crippen LogP contribution in [-0.4, -0.2) is 32.2 Å². The molecule has 2 heterocycles. The zero-order valence-corrected chi connectivity index (χ0v) is 16.8. The van der Waals surface area contributed by atoms with E-state index in [0.29, 0.717) is 25.9 Å². The van der Waals surface area contributed by atoms with Gasteiger partial charge in [0, 0.05) is 19.5 Å². The second kappa shape index (κ2) is 7.69. The highest BCUT2D eigenvalue weighted by Crippen LogP contribution is 2.34. The van der Waals surface area contributed by atoms with E-state index in [1.807, 2.05) is 6.92 Å². The van der Waals surface area contributed by atoms with E-state index in [0.717, 1.165) is 39.3 Å². The van der Waals surface area contributed by atoms with Crippen molar-refractivity contribution in [3.05, 3.63) is 50.6 Å².